The van der Waals surface area contributed by atoms with Gasteiger partial charge in [-0.1, -0.05) is 24.8 Å². The second-order valence-electron chi connectivity index (χ2n) is 6.76. The predicted octanol–water partition coefficient (Wildman–Crippen LogP) is 3.10. The Labute approximate surface area is 177 Å². The van der Waals surface area contributed by atoms with Crippen molar-refractivity contribution in [3.05, 3.63) is 46.1 Å². The van der Waals surface area contributed by atoms with E-state index in [1.54, 1.807) is 22.6 Å². The zero-order chi connectivity index (χ0) is 21.7. The number of nitrogens with zero attached hydrogens (tertiary/aromatic N) is 5. The summed E-state index contributed by atoms with van der Waals surface area (Å²) in [5.74, 6) is 1.20. The van der Waals surface area contributed by atoms with Crippen molar-refractivity contribution >= 4 is 40.2 Å². The maximum absolute atomic E-state index is 12.3. The lowest BCUT2D eigenvalue weighted by Gasteiger charge is -2.11. The van der Waals surface area contributed by atoms with E-state index in [0.717, 1.165) is 17.0 Å². The van der Waals surface area contributed by atoms with Gasteiger partial charge in [0, 0.05) is 30.3 Å². The zero-order valence-electron chi connectivity index (χ0n) is 17.0. The number of rotatable bonds is 9. The molecule has 2 heterocycles. The van der Waals surface area contributed by atoms with Crippen molar-refractivity contribution in [2.24, 2.45) is 0 Å². The van der Waals surface area contributed by atoms with E-state index in [4.69, 9.17) is 0 Å². The number of carbonyl (C=O) groups is 1. The monoisotopic (exact) mass is 429 g/mol. The van der Waals surface area contributed by atoms with Crippen molar-refractivity contribution in [3.8, 4) is 0 Å². The van der Waals surface area contributed by atoms with Crippen LogP contribution in [0.1, 0.15) is 31.1 Å². The van der Waals surface area contributed by atoms with E-state index in [-0.39, 0.29) is 23.2 Å². The Balaban J connectivity index is 1.74. The Hall–Kier alpha value is -3.21. The van der Waals surface area contributed by atoms with Crippen LogP contribution in [0.5, 0.6) is 0 Å². The van der Waals surface area contributed by atoms with Gasteiger partial charge in [0.05, 0.1) is 23.1 Å². The molecule has 2 aromatic heterocycles. The Bertz CT molecular complexity index is 1070. The fourth-order valence-electron chi connectivity index (χ4n) is 2.81. The number of amides is 1. The molecule has 1 aromatic carbocycles. The number of benzene rings is 1. The minimum absolute atomic E-state index is 0.122. The summed E-state index contributed by atoms with van der Waals surface area (Å²) in [6.45, 7) is 6.81. The molecule has 0 atom stereocenters. The molecular weight excluding hydrogens is 406 g/mol. The van der Waals surface area contributed by atoms with Crippen LogP contribution < -0.4 is 10.6 Å². The van der Waals surface area contributed by atoms with Gasteiger partial charge >= 0.3 is 0 Å². The lowest BCUT2D eigenvalue weighted by molar-refractivity contribution is -0.384. The van der Waals surface area contributed by atoms with Gasteiger partial charge < -0.3 is 10.6 Å². The molecule has 0 spiro atoms. The topological polar surface area (TPSA) is 128 Å². The van der Waals surface area contributed by atoms with Crippen molar-refractivity contribution in [1.82, 2.24) is 25.1 Å². The lowest BCUT2D eigenvalue weighted by atomic mass is 10.2. The highest BCUT2D eigenvalue weighted by Gasteiger charge is 2.15. The summed E-state index contributed by atoms with van der Waals surface area (Å²) >= 11 is 1.55. The Morgan fingerprint density at radius 2 is 2.13 bits per heavy atom. The van der Waals surface area contributed by atoms with E-state index in [0.29, 0.717) is 23.9 Å². The third kappa shape index (κ3) is 5.03. The summed E-state index contributed by atoms with van der Waals surface area (Å²) in [5, 5.41) is 22.8. The smallest absolute Gasteiger partial charge is 0.270 e. The highest BCUT2D eigenvalue weighted by molar-refractivity contribution is 7.99. The molecule has 0 fully saturated rings. The molecule has 2 N–H and O–H groups in total. The normalized spacial score (nSPS) is 11.1. The van der Waals surface area contributed by atoms with Crippen molar-refractivity contribution in [1.29, 1.82) is 0 Å². The number of non-ortho nitro benzene ring substituents is 1. The van der Waals surface area contributed by atoms with Gasteiger partial charge in [-0.3, -0.25) is 14.9 Å². The molecule has 0 radical (unpaired) electrons. The van der Waals surface area contributed by atoms with Crippen LogP contribution in [0.3, 0.4) is 0 Å². The number of nitro benzene ring substituents is 1. The third-order valence-electron chi connectivity index (χ3n) is 4.10. The summed E-state index contributed by atoms with van der Waals surface area (Å²) in [4.78, 5) is 31.9. The first-order valence-electron chi connectivity index (χ1n) is 9.54. The van der Waals surface area contributed by atoms with Gasteiger partial charge in [-0.25, -0.2) is 14.6 Å². The number of fused-ring (bicyclic) bond motifs is 1. The van der Waals surface area contributed by atoms with E-state index in [9.17, 15) is 14.9 Å². The molecule has 0 aliphatic rings. The van der Waals surface area contributed by atoms with E-state index >= 15 is 0 Å². The molecule has 0 unspecified atom stereocenters. The van der Waals surface area contributed by atoms with Gasteiger partial charge in [0.25, 0.3) is 11.6 Å². The average Bonchev–Trinajstić information content (AvgIpc) is 3.11. The van der Waals surface area contributed by atoms with Gasteiger partial charge in [0.1, 0.15) is 5.82 Å². The summed E-state index contributed by atoms with van der Waals surface area (Å²) in [7, 11) is 0. The maximum Gasteiger partial charge on any atom is 0.270 e. The fourth-order valence-corrected chi connectivity index (χ4v) is 3.38. The van der Waals surface area contributed by atoms with Crippen LogP contribution in [-0.2, 0) is 6.54 Å². The Kier molecular flexibility index (Phi) is 6.83. The molecule has 10 nitrogen and oxygen atoms in total. The van der Waals surface area contributed by atoms with Crippen molar-refractivity contribution in [2.45, 2.75) is 38.5 Å². The first kappa shape index (κ1) is 21.5. The van der Waals surface area contributed by atoms with Crippen molar-refractivity contribution < 1.29 is 9.72 Å². The number of carbonyl (C=O) groups excluding carboxylic acids is 1. The molecule has 0 saturated heterocycles. The average molecular weight is 430 g/mol. The van der Waals surface area contributed by atoms with Crippen LogP contribution in [0.25, 0.3) is 11.0 Å². The van der Waals surface area contributed by atoms with Crippen LogP contribution >= 0.6 is 11.8 Å². The molecule has 0 aliphatic carbocycles. The highest BCUT2D eigenvalue weighted by atomic mass is 32.2. The summed E-state index contributed by atoms with van der Waals surface area (Å²) in [5.41, 5.74) is 0.805. The number of aromatic nitrogens is 4. The quantitative estimate of drug-likeness (QED) is 0.230. The van der Waals surface area contributed by atoms with Crippen LogP contribution in [0.15, 0.2) is 35.6 Å². The molecule has 0 bridgehead atoms. The Morgan fingerprint density at radius 1 is 1.33 bits per heavy atom. The molecular formula is C19H23N7O3S. The second-order valence-corrected chi connectivity index (χ2v) is 7.99. The van der Waals surface area contributed by atoms with Crippen LogP contribution in [0, 0.1) is 10.1 Å². The fraction of sp³-hybridized carbons (Fsp3) is 0.368. The van der Waals surface area contributed by atoms with Gasteiger partial charge in [-0.15, -0.1) is 0 Å². The number of anilines is 1. The molecule has 1 amide bonds. The van der Waals surface area contributed by atoms with Gasteiger partial charge in [-0.05, 0) is 25.7 Å². The summed E-state index contributed by atoms with van der Waals surface area (Å²) < 4.78 is 1.72. The molecule has 11 heteroatoms. The van der Waals surface area contributed by atoms with E-state index in [1.807, 2.05) is 20.8 Å². The van der Waals surface area contributed by atoms with Crippen LogP contribution in [0.2, 0.25) is 0 Å². The predicted molar refractivity (Wildman–Crippen MR) is 116 cm³/mol. The zero-order valence-corrected chi connectivity index (χ0v) is 17.8. The van der Waals surface area contributed by atoms with Crippen molar-refractivity contribution in [3.63, 3.8) is 0 Å². The number of nitrogens with one attached hydrogen (secondary N) is 2. The molecule has 30 heavy (non-hydrogen) atoms. The van der Waals surface area contributed by atoms with Gasteiger partial charge in [0.2, 0.25) is 0 Å². The molecule has 0 saturated carbocycles. The molecule has 3 rings (SSSR count). The molecule has 158 valence electrons. The number of hydrogen-bond acceptors (Lipinski definition) is 8. The van der Waals surface area contributed by atoms with E-state index in [2.05, 4.69) is 25.7 Å². The highest BCUT2D eigenvalue weighted by Crippen LogP contribution is 2.24. The first-order valence-corrected chi connectivity index (χ1v) is 10.5. The summed E-state index contributed by atoms with van der Waals surface area (Å²) in [6.07, 6.45) is 1.71. The Morgan fingerprint density at radius 3 is 2.83 bits per heavy atom. The number of hydrogen-bond donors (Lipinski definition) is 2. The first-order chi connectivity index (χ1) is 14.4. The van der Waals surface area contributed by atoms with E-state index in [1.165, 1.54) is 24.3 Å². The molecule has 0 aliphatic heterocycles. The second kappa shape index (κ2) is 9.53. The van der Waals surface area contributed by atoms with Crippen LogP contribution in [0.4, 0.5) is 11.5 Å². The largest absolute Gasteiger partial charge is 0.367 e. The minimum Gasteiger partial charge on any atom is -0.367 e. The minimum atomic E-state index is -0.527. The molecule has 3 aromatic rings. The SMILES string of the molecule is CCSc1nc(NC(C)C)c2cnn(CCNC(=O)c3cccc([N+](=O)[O-])c3)c2n1. The third-order valence-corrected chi connectivity index (χ3v) is 4.83. The van der Waals surface area contributed by atoms with Crippen molar-refractivity contribution in [2.75, 3.05) is 17.6 Å². The lowest BCUT2D eigenvalue weighted by Crippen LogP contribution is -2.27. The van der Waals surface area contributed by atoms with Crippen LogP contribution in [-0.4, -0.2) is 48.9 Å². The van der Waals surface area contributed by atoms with E-state index < -0.39 is 4.92 Å². The number of thioether (sulfide) groups is 1. The standard InChI is InChI=1S/C19H23N7O3S/c1-4-30-19-23-16(22-12(2)3)15-11-21-25(17(15)24-19)9-8-20-18(27)13-6-5-7-14(10-13)26(28)29/h5-7,10-12H,4,8-9H2,1-3H3,(H,20,27)(H,22,23,24). The maximum atomic E-state index is 12.3. The summed E-state index contributed by atoms with van der Waals surface area (Å²) in [6, 6.07) is 5.84. The van der Waals surface area contributed by atoms with Gasteiger partial charge in [-0.2, -0.15) is 5.10 Å². The van der Waals surface area contributed by atoms with Gasteiger partial charge in [0.15, 0.2) is 10.8 Å². The number of nitro groups is 1.